The van der Waals surface area contributed by atoms with Gasteiger partial charge in [0.05, 0.1) is 15.5 Å². The van der Waals surface area contributed by atoms with Gasteiger partial charge in [0.25, 0.3) is 11.6 Å². The van der Waals surface area contributed by atoms with Crippen molar-refractivity contribution in [2.24, 2.45) is 0 Å². The molecule has 1 aromatic carbocycles. The minimum Gasteiger partial charge on any atom is -0.336 e. The highest BCUT2D eigenvalue weighted by Gasteiger charge is 2.28. The van der Waals surface area contributed by atoms with E-state index in [9.17, 15) is 14.9 Å². The van der Waals surface area contributed by atoms with Crippen molar-refractivity contribution in [2.75, 3.05) is 26.7 Å². The van der Waals surface area contributed by atoms with Crippen molar-refractivity contribution in [2.45, 2.75) is 19.4 Å². The molecule has 1 saturated heterocycles. The number of likely N-dealkylation sites (N-methyl/N-ethyl adjacent to an activating group) is 1. The Kier molecular flexibility index (Phi) is 4.80. The first-order valence-corrected chi connectivity index (χ1v) is 7.25. The maximum Gasteiger partial charge on any atom is 0.270 e. The van der Waals surface area contributed by atoms with Crippen LogP contribution in [0.5, 0.6) is 0 Å². The molecule has 0 aromatic heterocycles. The molecule has 6 nitrogen and oxygen atoms in total. The van der Waals surface area contributed by atoms with E-state index >= 15 is 0 Å². The first kappa shape index (κ1) is 15.7. The Hall–Kier alpha value is -1.66. The van der Waals surface area contributed by atoms with E-state index in [1.807, 2.05) is 0 Å². The van der Waals surface area contributed by atoms with Gasteiger partial charge in [0.2, 0.25) is 0 Å². The van der Waals surface area contributed by atoms with Gasteiger partial charge in [-0.25, -0.2) is 0 Å². The van der Waals surface area contributed by atoms with Crippen molar-refractivity contribution in [1.82, 2.24) is 9.80 Å². The van der Waals surface area contributed by atoms with E-state index in [0.717, 1.165) is 13.0 Å². The molecule has 1 fully saturated rings. The first-order valence-electron chi connectivity index (χ1n) is 6.87. The number of hydrogen-bond donors (Lipinski definition) is 0. The zero-order chi connectivity index (χ0) is 15.6. The van der Waals surface area contributed by atoms with Crippen LogP contribution in [-0.4, -0.2) is 53.4 Å². The summed E-state index contributed by atoms with van der Waals surface area (Å²) >= 11 is 6.02. The molecule has 1 amide bonds. The number of amides is 1. The van der Waals surface area contributed by atoms with Gasteiger partial charge in [-0.15, -0.1) is 0 Å². The highest BCUT2D eigenvalue weighted by Crippen LogP contribution is 2.24. The van der Waals surface area contributed by atoms with Crippen molar-refractivity contribution in [3.8, 4) is 0 Å². The average molecular weight is 312 g/mol. The fourth-order valence-corrected chi connectivity index (χ4v) is 2.79. The smallest absolute Gasteiger partial charge is 0.270 e. The maximum atomic E-state index is 12.5. The summed E-state index contributed by atoms with van der Waals surface area (Å²) in [5.74, 6) is -0.165. The quantitative estimate of drug-likeness (QED) is 0.635. The van der Waals surface area contributed by atoms with Crippen LogP contribution in [0.15, 0.2) is 18.2 Å². The molecule has 1 aliphatic heterocycles. The van der Waals surface area contributed by atoms with Crippen LogP contribution in [0, 0.1) is 10.1 Å². The second kappa shape index (κ2) is 6.41. The number of nitro groups is 1. The number of benzene rings is 1. The van der Waals surface area contributed by atoms with Crippen LogP contribution in [-0.2, 0) is 0 Å². The van der Waals surface area contributed by atoms with Gasteiger partial charge in [0, 0.05) is 37.8 Å². The van der Waals surface area contributed by atoms with Gasteiger partial charge >= 0.3 is 0 Å². The lowest BCUT2D eigenvalue weighted by Crippen LogP contribution is -2.53. The van der Waals surface area contributed by atoms with Crippen LogP contribution in [0.3, 0.4) is 0 Å². The van der Waals surface area contributed by atoms with Crippen LogP contribution in [0.2, 0.25) is 5.02 Å². The summed E-state index contributed by atoms with van der Waals surface area (Å²) in [5.41, 5.74) is 0.211. The van der Waals surface area contributed by atoms with Gasteiger partial charge in [-0.1, -0.05) is 18.5 Å². The molecule has 1 heterocycles. The van der Waals surface area contributed by atoms with E-state index in [4.69, 9.17) is 11.6 Å². The summed E-state index contributed by atoms with van der Waals surface area (Å²) in [6, 6.07) is 4.30. The summed E-state index contributed by atoms with van der Waals surface area (Å²) in [5, 5.41) is 10.8. The molecule has 0 saturated carbocycles. The number of nitrogens with zero attached hydrogens (tertiary/aromatic N) is 3. The lowest BCUT2D eigenvalue weighted by Gasteiger charge is -2.39. The molecule has 1 atom stereocenters. The number of non-ortho nitro benzene ring substituents is 1. The number of hydrogen-bond acceptors (Lipinski definition) is 4. The molecule has 0 aliphatic carbocycles. The molecule has 21 heavy (non-hydrogen) atoms. The van der Waals surface area contributed by atoms with Crippen LogP contribution in [0.1, 0.15) is 23.7 Å². The predicted octanol–water partition coefficient (Wildman–Crippen LogP) is 2.41. The second-order valence-corrected chi connectivity index (χ2v) is 5.62. The molecular formula is C14H18ClN3O3. The molecular weight excluding hydrogens is 294 g/mol. The van der Waals surface area contributed by atoms with E-state index in [0.29, 0.717) is 24.7 Å². The summed E-state index contributed by atoms with van der Waals surface area (Å²) in [7, 11) is 2.05. The third kappa shape index (κ3) is 3.33. The molecule has 0 spiro atoms. The third-order valence-corrected chi connectivity index (χ3v) is 4.24. The number of rotatable bonds is 3. The van der Waals surface area contributed by atoms with Crippen LogP contribution in [0.25, 0.3) is 0 Å². The molecule has 2 rings (SSSR count). The molecule has 1 aliphatic rings. The van der Waals surface area contributed by atoms with Crippen LogP contribution in [0.4, 0.5) is 5.69 Å². The van der Waals surface area contributed by atoms with Crippen molar-refractivity contribution >= 4 is 23.2 Å². The molecule has 7 heteroatoms. The maximum absolute atomic E-state index is 12.5. The van der Waals surface area contributed by atoms with Crippen molar-refractivity contribution in [3.05, 3.63) is 38.9 Å². The lowest BCUT2D eigenvalue weighted by atomic mass is 10.1. The molecule has 0 bridgehead atoms. The van der Waals surface area contributed by atoms with Gasteiger partial charge in [0.1, 0.15) is 0 Å². The number of nitro benzene ring substituents is 1. The molecule has 1 unspecified atom stereocenters. The van der Waals surface area contributed by atoms with E-state index < -0.39 is 4.92 Å². The zero-order valence-corrected chi connectivity index (χ0v) is 12.8. The molecule has 114 valence electrons. The van der Waals surface area contributed by atoms with Gasteiger partial charge in [0.15, 0.2) is 0 Å². The minimum atomic E-state index is -0.525. The zero-order valence-electron chi connectivity index (χ0n) is 12.1. The first-order chi connectivity index (χ1) is 9.93. The van der Waals surface area contributed by atoms with Crippen LogP contribution < -0.4 is 0 Å². The fraction of sp³-hybridized carbons (Fsp3) is 0.500. The SMILES string of the molecule is CCC1CN(C(=O)c2ccc([N+](=O)[O-])cc2Cl)CCN1C. The van der Waals surface area contributed by atoms with Gasteiger partial charge < -0.3 is 4.90 Å². The number of carbonyl (C=O) groups is 1. The second-order valence-electron chi connectivity index (χ2n) is 5.22. The highest BCUT2D eigenvalue weighted by atomic mass is 35.5. The Labute approximate surface area is 128 Å². The van der Waals surface area contributed by atoms with Crippen molar-refractivity contribution < 1.29 is 9.72 Å². The highest BCUT2D eigenvalue weighted by molar-refractivity contribution is 6.34. The Morgan fingerprint density at radius 1 is 1.48 bits per heavy atom. The number of piperazine rings is 1. The van der Waals surface area contributed by atoms with Crippen molar-refractivity contribution in [3.63, 3.8) is 0 Å². The topological polar surface area (TPSA) is 66.7 Å². The normalized spacial score (nSPS) is 19.6. The van der Waals surface area contributed by atoms with E-state index in [1.54, 1.807) is 4.90 Å². The monoisotopic (exact) mass is 311 g/mol. The van der Waals surface area contributed by atoms with Gasteiger partial charge in [-0.2, -0.15) is 0 Å². The van der Waals surface area contributed by atoms with E-state index in [-0.39, 0.29) is 16.6 Å². The number of carbonyl (C=O) groups excluding carboxylic acids is 1. The third-order valence-electron chi connectivity index (χ3n) is 3.93. The van der Waals surface area contributed by atoms with E-state index in [1.165, 1.54) is 18.2 Å². The molecule has 0 N–H and O–H groups in total. The largest absolute Gasteiger partial charge is 0.336 e. The minimum absolute atomic E-state index is 0.110. The van der Waals surface area contributed by atoms with Gasteiger partial charge in [-0.3, -0.25) is 19.8 Å². The summed E-state index contributed by atoms with van der Waals surface area (Å²) in [6.07, 6.45) is 0.967. The van der Waals surface area contributed by atoms with Gasteiger partial charge in [-0.05, 0) is 19.5 Å². The molecule has 0 radical (unpaired) electrons. The van der Waals surface area contributed by atoms with Crippen LogP contribution >= 0.6 is 11.6 Å². The Bertz CT molecular complexity index is 564. The average Bonchev–Trinajstić information content (AvgIpc) is 2.46. The lowest BCUT2D eigenvalue weighted by molar-refractivity contribution is -0.384. The molecule has 1 aromatic rings. The number of halogens is 1. The standard InChI is InChI=1S/C14H18ClN3O3/c1-3-10-9-17(7-6-16(10)2)14(19)12-5-4-11(18(20)21)8-13(12)15/h4-5,8,10H,3,6-7,9H2,1-2H3. The van der Waals surface area contributed by atoms with Crippen molar-refractivity contribution in [1.29, 1.82) is 0 Å². The Morgan fingerprint density at radius 2 is 2.19 bits per heavy atom. The van der Waals surface area contributed by atoms with E-state index in [2.05, 4.69) is 18.9 Å². The Balaban J connectivity index is 2.18. The Morgan fingerprint density at radius 3 is 2.76 bits per heavy atom. The predicted molar refractivity (Wildman–Crippen MR) is 80.7 cm³/mol. The summed E-state index contributed by atoms with van der Waals surface area (Å²) in [6.45, 7) is 4.20. The summed E-state index contributed by atoms with van der Waals surface area (Å²) in [4.78, 5) is 26.7. The fourth-order valence-electron chi connectivity index (χ4n) is 2.53. The summed E-state index contributed by atoms with van der Waals surface area (Å²) < 4.78 is 0.